The lowest BCUT2D eigenvalue weighted by atomic mass is 10.1. The summed E-state index contributed by atoms with van der Waals surface area (Å²) in [6.45, 7) is 4.82. The lowest BCUT2D eigenvalue weighted by Crippen LogP contribution is -2.50. The van der Waals surface area contributed by atoms with E-state index in [0.29, 0.717) is 26.2 Å². The fourth-order valence-corrected chi connectivity index (χ4v) is 4.25. The number of nitrogens with zero attached hydrogens (tertiary/aromatic N) is 3. The monoisotopic (exact) mass is 447 g/mol. The molecule has 2 aromatic rings. The van der Waals surface area contributed by atoms with Gasteiger partial charge in [-0.1, -0.05) is 30.3 Å². The molecule has 0 bridgehead atoms. The zero-order chi connectivity index (χ0) is 22.6. The van der Waals surface area contributed by atoms with Gasteiger partial charge in [-0.2, -0.15) is 13.2 Å². The fraction of sp³-hybridized carbons (Fsp3) is 0.458. The number of amides is 1. The number of halogens is 3. The van der Waals surface area contributed by atoms with Gasteiger partial charge in [0.25, 0.3) is 0 Å². The summed E-state index contributed by atoms with van der Waals surface area (Å²) in [5, 5.41) is 0. The molecular weight excluding hydrogens is 419 g/mol. The third-order valence-electron chi connectivity index (χ3n) is 6.15. The van der Waals surface area contributed by atoms with E-state index in [-0.39, 0.29) is 12.2 Å². The Kier molecular flexibility index (Phi) is 6.89. The van der Waals surface area contributed by atoms with Gasteiger partial charge in [0.15, 0.2) is 0 Å². The highest BCUT2D eigenvalue weighted by molar-refractivity contribution is 5.68. The maximum absolute atomic E-state index is 12.7. The van der Waals surface area contributed by atoms with E-state index in [9.17, 15) is 18.0 Å². The Morgan fingerprint density at radius 1 is 0.875 bits per heavy atom. The summed E-state index contributed by atoms with van der Waals surface area (Å²) in [6.07, 6.45) is -3.05. The summed E-state index contributed by atoms with van der Waals surface area (Å²) >= 11 is 0. The van der Waals surface area contributed by atoms with E-state index >= 15 is 0 Å². The third kappa shape index (κ3) is 5.73. The Morgan fingerprint density at radius 3 is 2.09 bits per heavy atom. The zero-order valence-electron chi connectivity index (χ0n) is 17.9. The molecule has 0 N–H and O–H groups in total. The Hall–Kier alpha value is -2.74. The number of likely N-dealkylation sites (tertiary alicyclic amines) is 1. The van der Waals surface area contributed by atoms with Crippen LogP contribution in [-0.2, 0) is 17.5 Å². The van der Waals surface area contributed by atoms with Crippen molar-refractivity contribution in [2.75, 3.05) is 44.2 Å². The number of ether oxygens (including phenoxy) is 1. The summed E-state index contributed by atoms with van der Waals surface area (Å²) in [4.78, 5) is 18.6. The molecule has 32 heavy (non-hydrogen) atoms. The maximum Gasteiger partial charge on any atom is 0.416 e. The molecule has 172 valence electrons. The van der Waals surface area contributed by atoms with Crippen molar-refractivity contribution in [1.29, 1.82) is 0 Å². The Labute approximate surface area is 186 Å². The molecule has 0 unspecified atom stereocenters. The second-order valence-electron chi connectivity index (χ2n) is 8.36. The van der Waals surface area contributed by atoms with E-state index in [1.807, 2.05) is 23.1 Å². The Balaban J connectivity index is 1.20. The highest BCUT2D eigenvalue weighted by Crippen LogP contribution is 2.30. The SMILES string of the molecule is O=C(OC1CCN(Cc2ccccc2)CC1)N1CCN(c2ccc(C(F)(F)F)cc2)CC1. The van der Waals surface area contributed by atoms with Gasteiger partial charge in [-0.25, -0.2) is 4.79 Å². The molecule has 0 aliphatic carbocycles. The van der Waals surface area contributed by atoms with Gasteiger partial charge in [0.1, 0.15) is 6.10 Å². The standard InChI is InChI=1S/C24H28F3N3O2/c25-24(26,27)20-6-8-21(9-7-20)29-14-16-30(17-15-29)23(31)32-22-10-12-28(13-11-22)18-19-4-2-1-3-5-19/h1-9,22H,10-18H2. The molecule has 0 atom stereocenters. The number of alkyl halides is 3. The topological polar surface area (TPSA) is 36.0 Å². The molecule has 1 amide bonds. The average Bonchev–Trinajstić information content (AvgIpc) is 2.81. The molecule has 0 saturated carbocycles. The van der Waals surface area contributed by atoms with Crippen LogP contribution in [0.3, 0.4) is 0 Å². The van der Waals surface area contributed by atoms with Crippen LogP contribution in [-0.4, -0.2) is 61.3 Å². The van der Waals surface area contributed by atoms with Crippen molar-refractivity contribution in [3.63, 3.8) is 0 Å². The van der Waals surface area contributed by atoms with Crippen molar-refractivity contribution in [1.82, 2.24) is 9.80 Å². The lowest BCUT2D eigenvalue weighted by Gasteiger charge is -2.37. The van der Waals surface area contributed by atoms with Crippen LogP contribution in [0.2, 0.25) is 0 Å². The number of hydrogen-bond acceptors (Lipinski definition) is 4. The number of rotatable bonds is 4. The molecule has 2 aromatic carbocycles. The van der Waals surface area contributed by atoms with Crippen molar-refractivity contribution in [2.24, 2.45) is 0 Å². The molecule has 0 spiro atoms. The van der Waals surface area contributed by atoms with Gasteiger partial charge < -0.3 is 14.5 Å². The van der Waals surface area contributed by atoms with Gasteiger partial charge in [0, 0.05) is 51.5 Å². The minimum absolute atomic E-state index is 0.0672. The first-order chi connectivity index (χ1) is 15.4. The fourth-order valence-electron chi connectivity index (χ4n) is 4.25. The van der Waals surface area contributed by atoms with E-state index in [0.717, 1.165) is 50.3 Å². The van der Waals surface area contributed by atoms with Crippen molar-refractivity contribution in [3.8, 4) is 0 Å². The highest BCUT2D eigenvalue weighted by atomic mass is 19.4. The molecule has 5 nitrogen and oxygen atoms in total. The minimum atomic E-state index is -4.33. The van der Waals surface area contributed by atoms with Crippen LogP contribution in [0.4, 0.5) is 23.7 Å². The number of carbonyl (C=O) groups excluding carboxylic acids is 1. The highest BCUT2D eigenvalue weighted by Gasteiger charge is 2.31. The number of hydrogen-bond donors (Lipinski definition) is 0. The van der Waals surface area contributed by atoms with Crippen molar-refractivity contribution in [2.45, 2.75) is 31.7 Å². The predicted octanol–water partition coefficient (Wildman–Crippen LogP) is 4.63. The van der Waals surface area contributed by atoms with Gasteiger partial charge in [0.05, 0.1) is 5.56 Å². The molecule has 2 saturated heterocycles. The van der Waals surface area contributed by atoms with Crippen molar-refractivity contribution < 1.29 is 22.7 Å². The predicted molar refractivity (Wildman–Crippen MR) is 116 cm³/mol. The quantitative estimate of drug-likeness (QED) is 0.685. The van der Waals surface area contributed by atoms with E-state index in [2.05, 4.69) is 17.0 Å². The number of anilines is 1. The van der Waals surface area contributed by atoms with Crippen LogP contribution in [0.15, 0.2) is 54.6 Å². The first-order valence-electron chi connectivity index (χ1n) is 11.0. The number of piperazine rings is 1. The Bertz CT molecular complexity index is 874. The molecule has 4 rings (SSSR count). The number of piperidine rings is 1. The minimum Gasteiger partial charge on any atom is -0.446 e. The molecule has 0 radical (unpaired) electrons. The van der Waals surface area contributed by atoms with Gasteiger partial charge in [-0.05, 0) is 42.7 Å². The lowest BCUT2D eigenvalue weighted by molar-refractivity contribution is -0.137. The van der Waals surface area contributed by atoms with Crippen LogP contribution in [0.5, 0.6) is 0 Å². The van der Waals surface area contributed by atoms with Crippen LogP contribution >= 0.6 is 0 Å². The summed E-state index contributed by atoms with van der Waals surface area (Å²) in [5.74, 6) is 0. The Morgan fingerprint density at radius 2 is 1.50 bits per heavy atom. The first-order valence-corrected chi connectivity index (χ1v) is 11.0. The first kappa shape index (κ1) is 22.5. The largest absolute Gasteiger partial charge is 0.446 e. The summed E-state index contributed by atoms with van der Waals surface area (Å²) in [6, 6.07) is 15.5. The van der Waals surface area contributed by atoms with E-state index in [1.54, 1.807) is 4.90 Å². The van der Waals surface area contributed by atoms with Gasteiger partial charge in [-0.3, -0.25) is 4.90 Å². The van der Waals surface area contributed by atoms with Crippen LogP contribution in [0.25, 0.3) is 0 Å². The van der Waals surface area contributed by atoms with Crippen molar-refractivity contribution in [3.05, 3.63) is 65.7 Å². The van der Waals surface area contributed by atoms with Crippen LogP contribution in [0.1, 0.15) is 24.0 Å². The maximum atomic E-state index is 12.7. The number of benzene rings is 2. The second-order valence-corrected chi connectivity index (χ2v) is 8.36. The molecule has 2 heterocycles. The van der Waals surface area contributed by atoms with E-state index in [1.165, 1.54) is 17.7 Å². The molecule has 2 aliphatic rings. The van der Waals surface area contributed by atoms with Gasteiger partial charge in [-0.15, -0.1) is 0 Å². The van der Waals surface area contributed by atoms with Crippen LogP contribution in [0, 0.1) is 0 Å². The van der Waals surface area contributed by atoms with E-state index < -0.39 is 11.7 Å². The zero-order valence-corrected chi connectivity index (χ0v) is 17.9. The number of carbonyl (C=O) groups is 1. The normalized spacial score (nSPS) is 18.6. The summed E-state index contributed by atoms with van der Waals surface area (Å²) in [7, 11) is 0. The van der Waals surface area contributed by atoms with Crippen molar-refractivity contribution >= 4 is 11.8 Å². The van der Waals surface area contributed by atoms with E-state index in [4.69, 9.17) is 4.74 Å². The molecule has 2 aliphatic heterocycles. The molecule has 2 fully saturated rings. The van der Waals surface area contributed by atoms with Crippen LogP contribution < -0.4 is 4.90 Å². The third-order valence-corrected chi connectivity index (χ3v) is 6.15. The van der Waals surface area contributed by atoms with Gasteiger partial charge in [0.2, 0.25) is 0 Å². The summed E-state index contributed by atoms with van der Waals surface area (Å²) in [5.41, 5.74) is 1.36. The molecule has 8 heteroatoms. The second kappa shape index (κ2) is 9.81. The molecular formula is C24H28F3N3O2. The smallest absolute Gasteiger partial charge is 0.416 e. The summed E-state index contributed by atoms with van der Waals surface area (Å²) < 4.78 is 44.0. The van der Waals surface area contributed by atoms with Gasteiger partial charge >= 0.3 is 12.3 Å². The molecule has 0 aromatic heterocycles. The average molecular weight is 448 g/mol.